The van der Waals surface area contributed by atoms with E-state index >= 15 is 0 Å². The van der Waals surface area contributed by atoms with Crippen molar-refractivity contribution in [2.45, 2.75) is 341 Å². The van der Waals surface area contributed by atoms with Crippen LogP contribution in [0, 0.1) is 0 Å². The average molecular weight is 1390 g/mol. The van der Waals surface area contributed by atoms with Gasteiger partial charge < -0.3 is 136 Å². The van der Waals surface area contributed by atoms with E-state index in [9.17, 15) is 106 Å². The Hall–Kier alpha value is -3.53. The Morgan fingerprint density at radius 2 is 0.979 bits per heavy atom. The summed E-state index contributed by atoms with van der Waals surface area (Å²) in [6.07, 6.45) is -17.9. The second kappa shape index (κ2) is 43.3. The fourth-order valence-corrected chi connectivity index (χ4v) is 12.8. The number of carboxylic acid groups (broad SMARTS) is 2. The second-order valence-electron chi connectivity index (χ2n) is 26.1. The van der Waals surface area contributed by atoms with Gasteiger partial charge in [0.1, 0.15) is 85.5 Å². The van der Waals surface area contributed by atoms with Crippen molar-refractivity contribution in [1.29, 1.82) is 0 Å². The summed E-state index contributed by atoms with van der Waals surface area (Å²) in [5.74, 6) is -13.1. The van der Waals surface area contributed by atoms with Gasteiger partial charge in [-0.2, -0.15) is 0 Å². The lowest BCUT2D eigenvalue weighted by atomic mass is 9.87. The predicted octanol–water partition coefficient (Wildman–Crippen LogP) is -1.78. The van der Waals surface area contributed by atoms with Gasteiger partial charge in [-0.15, -0.1) is 0 Å². The van der Waals surface area contributed by atoms with E-state index in [-0.39, 0.29) is 12.3 Å². The third kappa shape index (κ3) is 25.2. The van der Waals surface area contributed by atoms with Gasteiger partial charge >= 0.3 is 11.9 Å². The minimum atomic E-state index is -3.38. The summed E-state index contributed by atoms with van der Waals surface area (Å²) in [5.41, 5.74) is 0. The van der Waals surface area contributed by atoms with E-state index < -0.39 is 216 Å². The first-order chi connectivity index (χ1) is 45.7. The number of aliphatic carboxylic acids is 2. The van der Waals surface area contributed by atoms with Gasteiger partial charge in [-0.3, -0.25) is 14.4 Å². The predicted molar refractivity (Wildman–Crippen MR) is 335 cm³/mol. The van der Waals surface area contributed by atoms with Gasteiger partial charge in [0, 0.05) is 33.1 Å². The number of carbonyl (C=O) groups excluding carboxylic acids is 3. The summed E-state index contributed by atoms with van der Waals surface area (Å²) in [7, 11) is 0. The molecule has 4 aliphatic heterocycles. The van der Waals surface area contributed by atoms with Crippen molar-refractivity contribution in [2.75, 3.05) is 33.0 Å². The molecule has 32 heteroatoms. The van der Waals surface area contributed by atoms with Crippen LogP contribution in [0.4, 0.5) is 0 Å². The number of rotatable bonds is 47. The highest BCUT2D eigenvalue weighted by molar-refractivity contribution is 5.78. The van der Waals surface area contributed by atoms with Crippen LogP contribution in [0.15, 0.2) is 0 Å². The van der Waals surface area contributed by atoms with E-state index in [0.29, 0.717) is 19.3 Å². The van der Waals surface area contributed by atoms with Gasteiger partial charge in [-0.25, -0.2) is 9.59 Å². The fraction of sp³-hybridized carbons (Fsp3) is 0.922. The zero-order chi connectivity index (χ0) is 71.3. The van der Waals surface area contributed by atoms with Crippen LogP contribution >= 0.6 is 0 Å². The molecule has 2 unspecified atom stereocenters. The number of amides is 3. The van der Waals surface area contributed by atoms with Gasteiger partial charge in [0.15, 0.2) is 12.6 Å². The summed E-state index contributed by atoms with van der Waals surface area (Å²) in [6.45, 7) is 1.11. The number of nitrogens with one attached hydrogen (secondary N) is 3. The number of aliphatic hydroxyl groups is 14. The van der Waals surface area contributed by atoms with E-state index in [0.717, 1.165) is 84.5 Å². The van der Waals surface area contributed by atoms with E-state index in [1.165, 1.54) is 57.8 Å². The molecular weight excluding hydrogens is 1270 g/mol. The summed E-state index contributed by atoms with van der Waals surface area (Å²) >= 11 is 0. The number of hydrogen-bond acceptors (Lipinski definition) is 27. The maximum atomic E-state index is 13.5. The number of ether oxygens (including phenoxy) is 8. The van der Waals surface area contributed by atoms with Crippen molar-refractivity contribution in [3.8, 4) is 0 Å². The van der Waals surface area contributed by atoms with E-state index in [1.54, 1.807) is 0 Å². The SMILES string of the molecule is CCCCCCCCCCCCCCC[C@@H](O)[C@H](CO[C@@H]1O[C@H](CO)[C@@H](O[C@@H]2O[C@H](CO)[C@H](O)[C@H](O[C@]3(C(=O)O)C[C@H](O)[C@@H](NC(C)=O)C([C@H](O)[C@@H](CO)O[C@]4(C(=O)O)C[C@H](O)[C@@H](NC(C)=O)C([C@H](O)[C@H](O)CO)O4)O3)[C@H]2O)[C@H](O)[C@H]1O)NC(=O)CCCCCCCCCCC. The van der Waals surface area contributed by atoms with Crippen LogP contribution < -0.4 is 16.0 Å². The molecule has 4 heterocycles. The summed E-state index contributed by atoms with van der Waals surface area (Å²) in [6, 6.07) is -4.63. The fourth-order valence-electron chi connectivity index (χ4n) is 12.8. The van der Waals surface area contributed by atoms with Crippen LogP contribution in [-0.2, 0) is 61.9 Å². The highest BCUT2D eigenvalue weighted by Gasteiger charge is 2.62. The van der Waals surface area contributed by atoms with Gasteiger partial charge in [0.25, 0.3) is 11.6 Å². The molecule has 24 atom stereocenters. The molecule has 4 aliphatic rings. The molecule has 4 fully saturated rings. The molecule has 19 N–H and O–H groups in total. The molecule has 0 aromatic carbocycles. The summed E-state index contributed by atoms with van der Waals surface area (Å²) < 4.78 is 46.4. The average Bonchev–Trinajstić information content (AvgIpc) is 0.760. The zero-order valence-electron chi connectivity index (χ0n) is 56.1. The van der Waals surface area contributed by atoms with E-state index in [4.69, 9.17) is 37.9 Å². The Balaban J connectivity index is 1.53. The Kier molecular flexibility index (Phi) is 38.3. The second-order valence-corrected chi connectivity index (χ2v) is 26.1. The van der Waals surface area contributed by atoms with E-state index in [2.05, 4.69) is 29.8 Å². The van der Waals surface area contributed by atoms with Crippen LogP contribution in [-0.4, -0.2) is 290 Å². The Morgan fingerprint density at radius 1 is 0.521 bits per heavy atom. The monoisotopic (exact) mass is 1390 g/mol. The smallest absolute Gasteiger partial charge is 0.364 e. The molecule has 0 saturated carbocycles. The molecule has 0 bridgehead atoms. The lowest BCUT2D eigenvalue weighted by Crippen LogP contribution is -2.72. The Morgan fingerprint density at radius 3 is 1.45 bits per heavy atom. The highest BCUT2D eigenvalue weighted by Crippen LogP contribution is 2.41. The third-order valence-corrected chi connectivity index (χ3v) is 18.3. The molecule has 560 valence electrons. The van der Waals surface area contributed by atoms with Crippen LogP contribution in [0.2, 0.25) is 0 Å². The van der Waals surface area contributed by atoms with Crippen LogP contribution in [0.25, 0.3) is 0 Å². The Labute approximate surface area is 561 Å². The van der Waals surface area contributed by atoms with Gasteiger partial charge in [0.05, 0.1) is 69.5 Å². The van der Waals surface area contributed by atoms with Gasteiger partial charge in [0.2, 0.25) is 17.7 Å². The molecule has 3 amide bonds. The summed E-state index contributed by atoms with van der Waals surface area (Å²) in [5, 5.41) is 185. The third-order valence-electron chi connectivity index (χ3n) is 18.3. The first-order valence-corrected chi connectivity index (χ1v) is 34.5. The molecule has 32 nitrogen and oxygen atoms in total. The minimum Gasteiger partial charge on any atom is -0.477 e. The molecule has 0 aromatic rings. The van der Waals surface area contributed by atoms with Crippen molar-refractivity contribution in [1.82, 2.24) is 16.0 Å². The maximum absolute atomic E-state index is 13.5. The summed E-state index contributed by atoms with van der Waals surface area (Å²) in [4.78, 5) is 64.7. The van der Waals surface area contributed by atoms with Crippen LogP contribution in [0.5, 0.6) is 0 Å². The van der Waals surface area contributed by atoms with Crippen molar-refractivity contribution in [3.05, 3.63) is 0 Å². The largest absolute Gasteiger partial charge is 0.477 e. The topological polar surface area (TPSA) is 519 Å². The molecule has 4 rings (SSSR count). The first kappa shape index (κ1) is 84.9. The van der Waals surface area contributed by atoms with Gasteiger partial charge in [-0.1, -0.05) is 149 Å². The molecule has 0 aromatic heterocycles. The van der Waals surface area contributed by atoms with Crippen molar-refractivity contribution in [3.63, 3.8) is 0 Å². The normalized spacial score (nSPS) is 32.9. The quantitative estimate of drug-likeness (QED) is 0.0300. The molecule has 0 spiro atoms. The molecule has 0 aliphatic carbocycles. The lowest BCUT2D eigenvalue weighted by molar-refractivity contribution is -0.388. The first-order valence-electron chi connectivity index (χ1n) is 34.5. The van der Waals surface area contributed by atoms with Crippen LogP contribution in [0.3, 0.4) is 0 Å². The number of unbranched alkanes of at least 4 members (excludes halogenated alkanes) is 20. The molecule has 96 heavy (non-hydrogen) atoms. The highest BCUT2D eigenvalue weighted by atomic mass is 16.8. The van der Waals surface area contributed by atoms with Crippen molar-refractivity contribution >= 4 is 29.7 Å². The molecular formula is C64H115N3O29. The zero-order valence-corrected chi connectivity index (χ0v) is 56.1. The van der Waals surface area contributed by atoms with Crippen molar-refractivity contribution in [2.24, 2.45) is 0 Å². The number of carbonyl (C=O) groups is 5. The van der Waals surface area contributed by atoms with Crippen molar-refractivity contribution < 1.29 is 144 Å². The van der Waals surface area contributed by atoms with Gasteiger partial charge in [-0.05, 0) is 12.8 Å². The number of aliphatic hydroxyl groups excluding tert-OH is 14. The standard InChI is InChI=1S/C64H115N3O29/c1-5-7-9-11-13-15-16-17-18-20-21-23-25-27-39(74)38(67-46(78)28-26-24-22-19-14-12-10-8-6-2)35-89-59-53(83)52(82)55(45(34-71)91-59)92-60-54(84)58(50(80)43(32-69)90-60)96-64(62(87)88)30-41(76)48(66-37(4)73)57(95-64)51(81)44(33-70)93-63(61(85)86)29-40(75)47(65-36(3)72)56(94-63)49(79)42(77)31-68/h38-45,47-60,68-71,74-77,79-84H,5-35H2,1-4H3,(H,65,72)(H,66,73)(H,67,78)(H,85,86)(H,87,88)/t38-,39+,40-,41-,42+,43+,44+,45+,47+,48+,49+,50-,51+,52+,53+,54+,55+,56?,57?,58-,59+,60-,63+,64-/m0/s1. The minimum absolute atomic E-state index is 0.177. The molecule has 0 radical (unpaired) electrons. The maximum Gasteiger partial charge on any atom is 0.364 e. The molecule has 4 saturated heterocycles. The number of carboxylic acids is 2. The number of hydrogen-bond donors (Lipinski definition) is 19. The lowest BCUT2D eigenvalue weighted by Gasteiger charge is -2.51. The Bertz CT molecular complexity index is 2250. The van der Waals surface area contributed by atoms with Crippen LogP contribution in [0.1, 0.15) is 195 Å². The van der Waals surface area contributed by atoms with E-state index in [1.807, 2.05) is 0 Å².